The van der Waals surface area contributed by atoms with Gasteiger partial charge in [-0.05, 0) is 24.6 Å². The molecule has 0 saturated carbocycles. The highest BCUT2D eigenvalue weighted by molar-refractivity contribution is 5.91. The van der Waals surface area contributed by atoms with Crippen molar-refractivity contribution in [2.24, 2.45) is 5.73 Å². The average molecular weight is 259 g/mol. The molecule has 3 N–H and O–H groups in total. The monoisotopic (exact) mass is 258 g/mol. The van der Waals surface area contributed by atoms with Gasteiger partial charge < -0.3 is 15.8 Å². The molecule has 5 heteroatoms. The van der Waals surface area contributed by atoms with Gasteiger partial charge in [-0.1, -0.05) is 12.1 Å². The molecule has 1 aromatic carbocycles. The summed E-state index contributed by atoms with van der Waals surface area (Å²) in [5.41, 5.74) is 7.36. The molecule has 0 aromatic heterocycles. The SMILES string of the molecule is COC(CN)CC(=O)Nc1cccc(C)c1.Cl. The molecule has 0 heterocycles. The lowest BCUT2D eigenvalue weighted by molar-refractivity contribution is -0.118. The Morgan fingerprint density at radius 3 is 2.76 bits per heavy atom. The Labute approximate surface area is 108 Å². The van der Waals surface area contributed by atoms with Crippen molar-refractivity contribution in [3.8, 4) is 0 Å². The van der Waals surface area contributed by atoms with E-state index >= 15 is 0 Å². The maximum Gasteiger partial charge on any atom is 0.227 e. The normalized spacial score (nSPS) is 11.5. The topological polar surface area (TPSA) is 64.3 Å². The summed E-state index contributed by atoms with van der Waals surface area (Å²) in [6.07, 6.45) is 0.0609. The zero-order chi connectivity index (χ0) is 12.0. The first-order valence-corrected chi connectivity index (χ1v) is 5.25. The fourth-order valence-electron chi connectivity index (χ4n) is 1.40. The van der Waals surface area contributed by atoms with E-state index < -0.39 is 0 Å². The molecule has 0 radical (unpaired) electrons. The zero-order valence-electron chi connectivity index (χ0n) is 10.1. The van der Waals surface area contributed by atoms with Crippen LogP contribution >= 0.6 is 12.4 Å². The van der Waals surface area contributed by atoms with Crippen LogP contribution in [0.3, 0.4) is 0 Å². The van der Waals surface area contributed by atoms with Crippen LogP contribution in [0.25, 0.3) is 0 Å². The number of aryl methyl sites for hydroxylation is 1. The molecule has 1 rings (SSSR count). The second kappa shape index (κ2) is 8.06. The molecule has 1 amide bonds. The Morgan fingerprint density at radius 1 is 1.53 bits per heavy atom. The fraction of sp³-hybridized carbons (Fsp3) is 0.417. The van der Waals surface area contributed by atoms with Gasteiger partial charge in [-0.25, -0.2) is 0 Å². The van der Waals surface area contributed by atoms with Crippen molar-refractivity contribution >= 4 is 24.0 Å². The van der Waals surface area contributed by atoms with Crippen LogP contribution in [-0.2, 0) is 9.53 Å². The standard InChI is InChI=1S/C12H18N2O2.ClH/c1-9-4-3-5-10(6-9)14-12(15)7-11(8-13)16-2;/h3-6,11H,7-8,13H2,1-2H3,(H,14,15);1H. The molecule has 0 fully saturated rings. The molecule has 0 bridgehead atoms. The number of nitrogens with two attached hydrogens (primary N) is 1. The number of methoxy groups -OCH3 is 1. The van der Waals surface area contributed by atoms with Crippen molar-refractivity contribution in [1.82, 2.24) is 0 Å². The average Bonchev–Trinajstić information content (AvgIpc) is 2.26. The minimum absolute atomic E-state index is 0. The summed E-state index contributed by atoms with van der Waals surface area (Å²) in [5, 5.41) is 2.81. The summed E-state index contributed by atoms with van der Waals surface area (Å²) < 4.78 is 5.05. The molecule has 17 heavy (non-hydrogen) atoms. The first kappa shape index (κ1) is 15.9. The molecule has 1 unspecified atom stereocenters. The molecular weight excluding hydrogens is 240 g/mol. The zero-order valence-corrected chi connectivity index (χ0v) is 10.9. The Morgan fingerprint density at radius 2 is 2.24 bits per heavy atom. The largest absolute Gasteiger partial charge is 0.380 e. The number of rotatable bonds is 5. The summed E-state index contributed by atoms with van der Waals surface area (Å²) >= 11 is 0. The minimum atomic E-state index is -0.218. The van der Waals surface area contributed by atoms with E-state index in [9.17, 15) is 4.79 Å². The molecular formula is C12H19ClN2O2. The van der Waals surface area contributed by atoms with Crippen LogP contribution < -0.4 is 11.1 Å². The number of benzene rings is 1. The van der Waals surface area contributed by atoms with Gasteiger partial charge in [-0.3, -0.25) is 4.79 Å². The van der Waals surface area contributed by atoms with Crippen LogP contribution in [0.1, 0.15) is 12.0 Å². The van der Waals surface area contributed by atoms with Crippen molar-refractivity contribution in [2.45, 2.75) is 19.4 Å². The number of hydrogen-bond acceptors (Lipinski definition) is 3. The van der Waals surface area contributed by atoms with Crippen molar-refractivity contribution < 1.29 is 9.53 Å². The summed E-state index contributed by atoms with van der Waals surface area (Å²) in [6, 6.07) is 7.66. The summed E-state index contributed by atoms with van der Waals surface area (Å²) in [6.45, 7) is 2.32. The number of hydrogen-bond donors (Lipinski definition) is 2. The summed E-state index contributed by atoms with van der Waals surface area (Å²) in [5.74, 6) is -0.0806. The number of ether oxygens (including phenoxy) is 1. The molecule has 1 atom stereocenters. The van der Waals surface area contributed by atoms with E-state index in [-0.39, 0.29) is 30.8 Å². The van der Waals surface area contributed by atoms with Crippen LogP contribution in [0.2, 0.25) is 0 Å². The fourth-order valence-corrected chi connectivity index (χ4v) is 1.40. The molecule has 0 spiro atoms. The lowest BCUT2D eigenvalue weighted by atomic mass is 10.2. The van der Waals surface area contributed by atoms with Crippen molar-refractivity contribution in [1.29, 1.82) is 0 Å². The lowest BCUT2D eigenvalue weighted by Crippen LogP contribution is -2.28. The van der Waals surface area contributed by atoms with Gasteiger partial charge in [0.05, 0.1) is 12.5 Å². The number of carbonyl (C=O) groups excluding carboxylic acids is 1. The number of halogens is 1. The molecule has 0 aliphatic rings. The highest BCUT2D eigenvalue weighted by Gasteiger charge is 2.11. The number of anilines is 1. The smallest absolute Gasteiger partial charge is 0.227 e. The quantitative estimate of drug-likeness (QED) is 0.845. The van der Waals surface area contributed by atoms with Crippen molar-refractivity contribution in [3.05, 3.63) is 29.8 Å². The second-order valence-corrected chi connectivity index (χ2v) is 3.72. The van der Waals surface area contributed by atoms with Gasteiger partial charge in [-0.2, -0.15) is 0 Å². The van der Waals surface area contributed by atoms with Crippen LogP contribution in [0, 0.1) is 6.92 Å². The Bertz CT molecular complexity index is 354. The molecule has 96 valence electrons. The lowest BCUT2D eigenvalue weighted by Gasteiger charge is -2.12. The highest BCUT2D eigenvalue weighted by atomic mass is 35.5. The number of amides is 1. The van der Waals surface area contributed by atoms with Crippen LogP contribution in [0.5, 0.6) is 0 Å². The van der Waals surface area contributed by atoms with E-state index in [1.165, 1.54) is 0 Å². The van der Waals surface area contributed by atoms with E-state index in [1.54, 1.807) is 7.11 Å². The Kier molecular flexibility index (Phi) is 7.54. The Balaban J connectivity index is 0.00000256. The van der Waals surface area contributed by atoms with Gasteiger partial charge >= 0.3 is 0 Å². The second-order valence-electron chi connectivity index (χ2n) is 3.72. The van der Waals surface area contributed by atoms with Crippen LogP contribution in [0.15, 0.2) is 24.3 Å². The van der Waals surface area contributed by atoms with E-state index in [2.05, 4.69) is 5.32 Å². The molecule has 0 aliphatic heterocycles. The summed E-state index contributed by atoms with van der Waals surface area (Å²) in [7, 11) is 1.55. The Hall–Kier alpha value is -1.10. The van der Waals surface area contributed by atoms with Gasteiger partial charge in [0.2, 0.25) is 5.91 Å². The molecule has 4 nitrogen and oxygen atoms in total. The van der Waals surface area contributed by atoms with Crippen molar-refractivity contribution in [2.75, 3.05) is 19.0 Å². The molecule has 1 aromatic rings. The number of carbonyl (C=O) groups is 1. The predicted molar refractivity (Wildman–Crippen MR) is 71.5 cm³/mol. The van der Waals surface area contributed by atoms with E-state index in [0.717, 1.165) is 11.3 Å². The molecule has 0 aliphatic carbocycles. The van der Waals surface area contributed by atoms with E-state index in [1.807, 2.05) is 31.2 Å². The van der Waals surface area contributed by atoms with Gasteiger partial charge in [0.15, 0.2) is 0 Å². The third-order valence-corrected chi connectivity index (χ3v) is 2.31. The van der Waals surface area contributed by atoms with Crippen LogP contribution in [-0.4, -0.2) is 25.7 Å². The minimum Gasteiger partial charge on any atom is -0.380 e. The van der Waals surface area contributed by atoms with Crippen LogP contribution in [0.4, 0.5) is 5.69 Å². The molecule has 0 saturated heterocycles. The van der Waals surface area contributed by atoms with Gasteiger partial charge in [0, 0.05) is 19.3 Å². The van der Waals surface area contributed by atoms with Gasteiger partial charge in [0.1, 0.15) is 0 Å². The van der Waals surface area contributed by atoms with Gasteiger partial charge in [0.25, 0.3) is 0 Å². The summed E-state index contributed by atoms with van der Waals surface area (Å²) in [4.78, 5) is 11.6. The first-order chi connectivity index (χ1) is 7.65. The maximum absolute atomic E-state index is 11.6. The van der Waals surface area contributed by atoms with E-state index in [0.29, 0.717) is 6.54 Å². The number of nitrogens with one attached hydrogen (secondary N) is 1. The third-order valence-electron chi connectivity index (χ3n) is 2.31. The van der Waals surface area contributed by atoms with Gasteiger partial charge in [-0.15, -0.1) is 12.4 Å². The maximum atomic E-state index is 11.6. The highest BCUT2D eigenvalue weighted by Crippen LogP contribution is 2.10. The first-order valence-electron chi connectivity index (χ1n) is 5.25. The van der Waals surface area contributed by atoms with E-state index in [4.69, 9.17) is 10.5 Å². The van der Waals surface area contributed by atoms with Crippen molar-refractivity contribution in [3.63, 3.8) is 0 Å². The third kappa shape index (κ3) is 5.68. The predicted octanol–water partition coefficient (Wildman–Crippen LogP) is 1.72.